The van der Waals surface area contributed by atoms with Crippen LogP contribution in [0.5, 0.6) is 5.75 Å². The summed E-state index contributed by atoms with van der Waals surface area (Å²) in [4.78, 5) is 10.8. The fourth-order valence-corrected chi connectivity index (χ4v) is 5.57. The first kappa shape index (κ1) is 15.1. The highest BCUT2D eigenvalue weighted by Gasteiger charge is 2.25. The third-order valence-corrected chi connectivity index (χ3v) is 6.80. The number of ether oxygens (including phenoxy) is 1. The van der Waals surface area contributed by atoms with Gasteiger partial charge in [0.2, 0.25) is 0 Å². The van der Waals surface area contributed by atoms with E-state index in [4.69, 9.17) is 9.72 Å². The highest BCUT2D eigenvalue weighted by atomic mass is 32.1. The van der Waals surface area contributed by atoms with Crippen LogP contribution in [0.1, 0.15) is 0 Å². The van der Waals surface area contributed by atoms with Gasteiger partial charge in [0.05, 0.1) is 27.9 Å². The van der Waals surface area contributed by atoms with Crippen molar-refractivity contribution in [3.05, 3.63) is 54.6 Å². The summed E-state index contributed by atoms with van der Waals surface area (Å²) in [7, 11) is 1.67. The van der Waals surface area contributed by atoms with E-state index in [1.807, 2.05) is 18.2 Å². The summed E-state index contributed by atoms with van der Waals surface area (Å²) in [5.41, 5.74) is 4.49. The predicted molar refractivity (Wildman–Crippen MR) is 114 cm³/mol. The highest BCUT2D eigenvalue weighted by Crippen LogP contribution is 2.50. The minimum Gasteiger partial charge on any atom is -0.497 e. The van der Waals surface area contributed by atoms with Crippen molar-refractivity contribution in [3.8, 4) is 27.4 Å². The fraction of sp³-hybridized carbons (Fsp3) is 0.0476. The molecule has 3 aromatic carbocycles. The van der Waals surface area contributed by atoms with Crippen LogP contribution in [0.25, 0.3) is 42.7 Å². The minimum absolute atomic E-state index is 0.817. The molecular formula is C21H13N3OS2. The Bertz CT molecular complexity index is 1300. The Morgan fingerprint density at radius 3 is 2.56 bits per heavy atom. The van der Waals surface area contributed by atoms with Crippen LogP contribution < -0.4 is 10.1 Å². The number of anilines is 2. The summed E-state index contributed by atoms with van der Waals surface area (Å²) in [6.45, 7) is 0. The number of benzene rings is 3. The lowest BCUT2D eigenvalue weighted by Crippen LogP contribution is -1.88. The summed E-state index contributed by atoms with van der Waals surface area (Å²) in [6.07, 6.45) is 0. The van der Waals surface area contributed by atoms with Crippen LogP contribution in [0.15, 0.2) is 54.6 Å². The largest absolute Gasteiger partial charge is 0.497 e. The minimum atomic E-state index is 0.817. The second kappa shape index (κ2) is 5.52. The Morgan fingerprint density at radius 1 is 0.889 bits per heavy atom. The van der Waals surface area contributed by atoms with Crippen molar-refractivity contribution in [2.24, 2.45) is 0 Å². The predicted octanol–water partition coefficient (Wildman–Crippen LogP) is 6.31. The molecule has 1 aliphatic carbocycles. The third-order valence-electron chi connectivity index (χ3n) is 4.84. The molecule has 0 spiro atoms. The monoisotopic (exact) mass is 387 g/mol. The Morgan fingerprint density at radius 2 is 1.70 bits per heavy atom. The maximum Gasteiger partial charge on any atom is 0.190 e. The van der Waals surface area contributed by atoms with E-state index in [-0.39, 0.29) is 0 Å². The van der Waals surface area contributed by atoms with Gasteiger partial charge in [-0.05, 0) is 22.9 Å². The van der Waals surface area contributed by atoms with Crippen LogP contribution in [0.3, 0.4) is 0 Å². The Labute approximate surface area is 163 Å². The number of thiazole rings is 2. The summed E-state index contributed by atoms with van der Waals surface area (Å²) < 4.78 is 6.41. The van der Waals surface area contributed by atoms with Crippen molar-refractivity contribution >= 4 is 53.9 Å². The van der Waals surface area contributed by atoms with Gasteiger partial charge in [-0.3, -0.25) is 0 Å². The zero-order chi connectivity index (χ0) is 18.0. The van der Waals surface area contributed by atoms with Crippen LogP contribution in [0.4, 0.5) is 10.3 Å². The Balaban J connectivity index is 1.41. The van der Waals surface area contributed by atoms with Crippen LogP contribution in [0.2, 0.25) is 0 Å². The van der Waals surface area contributed by atoms with Gasteiger partial charge in [0.25, 0.3) is 0 Å². The molecule has 6 heteroatoms. The smallest absolute Gasteiger partial charge is 0.190 e. The molecule has 0 aliphatic heterocycles. The molecule has 2 heterocycles. The van der Waals surface area contributed by atoms with Gasteiger partial charge < -0.3 is 10.1 Å². The molecule has 0 fully saturated rings. The van der Waals surface area contributed by atoms with Gasteiger partial charge in [0.15, 0.2) is 10.3 Å². The van der Waals surface area contributed by atoms with E-state index < -0.39 is 0 Å². The molecule has 0 unspecified atom stereocenters. The van der Waals surface area contributed by atoms with Crippen molar-refractivity contribution in [1.82, 2.24) is 9.97 Å². The second-order valence-corrected chi connectivity index (χ2v) is 8.41. The quantitative estimate of drug-likeness (QED) is 0.387. The molecule has 0 radical (unpaired) electrons. The van der Waals surface area contributed by atoms with E-state index in [9.17, 15) is 0 Å². The van der Waals surface area contributed by atoms with Gasteiger partial charge in [0, 0.05) is 17.2 Å². The van der Waals surface area contributed by atoms with Crippen LogP contribution in [0, 0.1) is 0 Å². The molecular weight excluding hydrogens is 374 g/mol. The average Bonchev–Trinajstić information content (AvgIpc) is 3.36. The molecule has 0 saturated carbocycles. The van der Waals surface area contributed by atoms with Crippen LogP contribution in [-0.4, -0.2) is 17.1 Å². The van der Waals surface area contributed by atoms with E-state index in [1.54, 1.807) is 29.8 Å². The molecule has 6 rings (SSSR count). The third kappa shape index (κ3) is 2.20. The lowest BCUT2D eigenvalue weighted by Gasteiger charge is -2.02. The molecule has 0 atom stereocenters. The topological polar surface area (TPSA) is 47.0 Å². The average molecular weight is 387 g/mol. The second-order valence-electron chi connectivity index (χ2n) is 6.38. The van der Waals surface area contributed by atoms with Gasteiger partial charge in [-0.1, -0.05) is 59.1 Å². The Kier molecular flexibility index (Phi) is 3.09. The standard InChI is InChI=1S/C21H13N3OS2/c1-25-12-8-9-16-15(10-12)22-20(26-16)24-21-23-18-13-6-2-4-11-5-3-7-14(17(11)13)19(18)27-21/h2-10H,1H3,(H,22,23,24). The number of hydrogen-bond acceptors (Lipinski definition) is 6. The lowest BCUT2D eigenvalue weighted by atomic mass is 10.0. The van der Waals surface area contributed by atoms with E-state index in [1.165, 1.54) is 26.8 Å². The molecule has 1 N–H and O–H groups in total. The van der Waals surface area contributed by atoms with Gasteiger partial charge >= 0.3 is 0 Å². The van der Waals surface area contributed by atoms with Crippen molar-refractivity contribution in [1.29, 1.82) is 0 Å². The number of methoxy groups -OCH3 is 1. The fourth-order valence-electron chi connectivity index (χ4n) is 3.65. The van der Waals surface area contributed by atoms with E-state index in [0.717, 1.165) is 31.9 Å². The summed E-state index contributed by atoms with van der Waals surface area (Å²) in [5, 5.41) is 7.70. The lowest BCUT2D eigenvalue weighted by molar-refractivity contribution is 0.415. The number of aromatic nitrogens is 2. The summed E-state index contributed by atoms with van der Waals surface area (Å²) in [6, 6.07) is 18.8. The molecule has 1 aliphatic rings. The van der Waals surface area contributed by atoms with Crippen molar-refractivity contribution in [3.63, 3.8) is 0 Å². The Hall–Kier alpha value is -2.96. The van der Waals surface area contributed by atoms with Gasteiger partial charge in [-0.2, -0.15) is 0 Å². The van der Waals surface area contributed by atoms with E-state index in [2.05, 4.69) is 46.7 Å². The number of nitrogens with one attached hydrogen (secondary N) is 1. The summed E-state index contributed by atoms with van der Waals surface area (Å²) in [5.74, 6) is 0.817. The molecule has 5 aromatic rings. The van der Waals surface area contributed by atoms with Gasteiger partial charge in [-0.25, -0.2) is 9.97 Å². The molecule has 27 heavy (non-hydrogen) atoms. The first-order valence-corrected chi connectivity index (χ1v) is 10.2. The SMILES string of the molecule is COc1ccc2sc(Nc3nc4c(s3)-c3cccc5cccc-4c35)nc2c1. The highest BCUT2D eigenvalue weighted by molar-refractivity contribution is 7.23. The zero-order valence-electron chi connectivity index (χ0n) is 14.3. The van der Waals surface area contributed by atoms with Crippen LogP contribution >= 0.6 is 22.7 Å². The molecule has 2 aromatic heterocycles. The number of hydrogen-bond donors (Lipinski definition) is 1. The normalized spacial score (nSPS) is 11.9. The number of fused-ring (bicyclic) bond motifs is 4. The van der Waals surface area contributed by atoms with E-state index in [0.29, 0.717) is 0 Å². The maximum absolute atomic E-state index is 5.29. The molecule has 4 nitrogen and oxygen atoms in total. The zero-order valence-corrected chi connectivity index (χ0v) is 15.9. The molecule has 130 valence electrons. The first-order valence-electron chi connectivity index (χ1n) is 8.55. The molecule has 0 amide bonds. The van der Waals surface area contributed by atoms with Gasteiger partial charge in [0.1, 0.15) is 5.75 Å². The van der Waals surface area contributed by atoms with Crippen LogP contribution in [-0.2, 0) is 0 Å². The molecule has 0 saturated heterocycles. The first-order chi connectivity index (χ1) is 13.3. The van der Waals surface area contributed by atoms with Gasteiger partial charge in [-0.15, -0.1) is 0 Å². The van der Waals surface area contributed by atoms with Crippen molar-refractivity contribution < 1.29 is 4.74 Å². The summed E-state index contributed by atoms with van der Waals surface area (Å²) >= 11 is 3.30. The van der Waals surface area contributed by atoms with Crippen molar-refractivity contribution in [2.75, 3.05) is 12.4 Å². The van der Waals surface area contributed by atoms with Crippen molar-refractivity contribution in [2.45, 2.75) is 0 Å². The number of nitrogens with zero attached hydrogens (tertiary/aromatic N) is 2. The maximum atomic E-state index is 5.29. The van der Waals surface area contributed by atoms with E-state index >= 15 is 0 Å². The number of rotatable bonds is 3. The molecule has 0 bridgehead atoms.